The summed E-state index contributed by atoms with van der Waals surface area (Å²) in [4.78, 5) is 27.1. The molecule has 1 aromatic heterocycles. The van der Waals surface area contributed by atoms with E-state index >= 15 is 0 Å². The molecular formula is C28H33N3O4. The molecule has 0 saturated heterocycles. The molecule has 7 nitrogen and oxygen atoms in total. The van der Waals surface area contributed by atoms with Crippen LogP contribution in [0.25, 0.3) is 11.1 Å². The molecule has 1 heterocycles. The highest BCUT2D eigenvalue weighted by Crippen LogP contribution is 2.38. The van der Waals surface area contributed by atoms with Crippen molar-refractivity contribution < 1.29 is 19.1 Å². The van der Waals surface area contributed by atoms with Crippen molar-refractivity contribution in [3.63, 3.8) is 0 Å². The van der Waals surface area contributed by atoms with Crippen LogP contribution in [0, 0.1) is 20.8 Å². The van der Waals surface area contributed by atoms with Crippen molar-refractivity contribution in [1.82, 2.24) is 0 Å². The molecule has 0 radical (unpaired) electrons. The zero-order valence-electron chi connectivity index (χ0n) is 20.8. The van der Waals surface area contributed by atoms with Crippen molar-refractivity contribution in [3.8, 4) is 11.1 Å². The zero-order valence-corrected chi connectivity index (χ0v) is 20.8. The zero-order chi connectivity index (χ0) is 25.1. The second-order valence-electron chi connectivity index (χ2n) is 9.35. The van der Waals surface area contributed by atoms with E-state index in [9.17, 15) is 14.7 Å². The lowest BCUT2D eigenvalue weighted by atomic mass is 9.93. The van der Waals surface area contributed by atoms with Gasteiger partial charge in [0.15, 0.2) is 0 Å². The Morgan fingerprint density at radius 2 is 1.63 bits per heavy atom. The summed E-state index contributed by atoms with van der Waals surface area (Å²) in [6, 6.07) is 13.3. The van der Waals surface area contributed by atoms with Gasteiger partial charge in [0.2, 0.25) is 0 Å². The Morgan fingerprint density at radius 1 is 0.943 bits per heavy atom. The number of aryl methyl sites for hydroxylation is 3. The van der Waals surface area contributed by atoms with Crippen molar-refractivity contribution in [2.45, 2.75) is 58.9 Å². The number of aromatic carboxylic acids is 1. The van der Waals surface area contributed by atoms with Gasteiger partial charge in [0, 0.05) is 24.3 Å². The highest BCUT2D eigenvalue weighted by molar-refractivity contribution is 6.03. The molecule has 1 aliphatic carbocycles. The van der Waals surface area contributed by atoms with Crippen molar-refractivity contribution >= 4 is 29.1 Å². The van der Waals surface area contributed by atoms with E-state index in [1.807, 2.05) is 49.4 Å². The molecule has 7 heteroatoms. The number of anilines is 3. The summed E-state index contributed by atoms with van der Waals surface area (Å²) in [5.41, 5.74) is 4.68. The predicted octanol–water partition coefficient (Wildman–Crippen LogP) is 6.98. The molecule has 4 rings (SSSR count). The Kier molecular flexibility index (Phi) is 7.15. The maximum Gasteiger partial charge on any atom is 0.339 e. The average molecular weight is 476 g/mol. The van der Waals surface area contributed by atoms with Gasteiger partial charge in [-0.1, -0.05) is 43.0 Å². The second-order valence-corrected chi connectivity index (χ2v) is 9.35. The number of urea groups is 1. The van der Waals surface area contributed by atoms with Crippen molar-refractivity contribution in [1.29, 1.82) is 0 Å². The Labute approximate surface area is 206 Å². The van der Waals surface area contributed by atoms with Crippen LogP contribution in [-0.2, 0) is 0 Å². The van der Waals surface area contributed by atoms with E-state index in [1.54, 1.807) is 13.8 Å². The van der Waals surface area contributed by atoms with Gasteiger partial charge >= 0.3 is 12.0 Å². The number of carbonyl (C=O) groups excluding carboxylic acids is 1. The minimum absolute atomic E-state index is 0.144. The second kappa shape index (κ2) is 10.3. The first kappa shape index (κ1) is 24.4. The lowest BCUT2D eigenvalue weighted by Gasteiger charge is -2.34. The summed E-state index contributed by atoms with van der Waals surface area (Å²) < 4.78 is 5.65. The van der Waals surface area contributed by atoms with E-state index < -0.39 is 5.97 Å². The molecule has 2 amide bonds. The molecule has 0 aliphatic heterocycles. The van der Waals surface area contributed by atoms with Crippen LogP contribution in [0.5, 0.6) is 0 Å². The van der Waals surface area contributed by atoms with Crippen LogP contribution >= 0.6 is 0 Å². The van der Waals surface area contributed by atoms with Crippen molar-refractivity contribution in [2.24, 2.45) is 0 Å². The van der Waals surface area contributed by atoms with Gasteiger partial charge in [-0.3, -0.25) is 0 Å². The van der Waals surface area contributed by atoms with E-state index in [-0.39, 0.29) is 11.6 Å². The Hall–Kier alpha value is -3.74. The molecule has 184 valence electrons. The molecule has 0 bridgehead atoms. The van der Waals surface area contributed by atoms with Gasteiger partial charge in [-0.2, -0.15) is 0 Å². The van der Waals surface area contributed by atoms with Crippen LogP contribution in [0.15, 0.2) is 46.9 Å². The molecule has 35 heavy (non-hydrogen) atoms. The molecule has 3 aromatic rings. The SMILES string of the molecule is Cc1ccc(NC(=O)Nc2cc(-c3c(C)oc(C)c3C(=O)O)ccc2N(C)C2CCCCC2)cc1. The van der Waals surface area contributed by atoms with E-state index in [0.717, 1.165) is 24.1 Å². The maximum atomic E-state index is 13.0. The summed E-state index contributed by atoms with van der Waals surface area (Å²) in [6.45, 7) is 5.40. The fourth-order valence-electron chi connectivity index (χ4n) is 4.97. The summed E-state index contributed by atoms with van der Waals surface area (Å²) in [5, 5.41) is 15.7. The smallest absolute Gasteiger partial charge is 0.339 e. The number of rotatable bonds is 6. The summed E-state index contributed by atoms with van der Waals surface area (Å²) >= 11 is 0. The van der Waals surface area contributed by atoms with E-state index in [1.165, 1.54) is 19.3 Å². The van der Waals surface area contributed by atoms with Gasteiger partial charge in [0.25, 0.3) is 0 Å². The van der Waals surface area contributed by atoms with Gasteiger partial charge in [0.05, 0.1) is 11.4 Å². The number of carbonyl (C=O) groups is 2. The maximum absolute atomic E-state index is 13.0. The van der Waals surface area contributed by atoms with Crippen molar-refractivity contribution in [3.05, 3.63) is 65.1 Å². The minimum Gasteiger partial charge on any atom is -0.478 e. The van der Waals surface area contributed by atoms with Gasteiger partial charge in [-0.25, -0.2) is 9.59 Å². The summed E-state index contributed by atoms with van der Waals surface area (Å²) in [5.74, 6) is -0.146. The molecule has 2 aromatic carbocycles. The summed E-state index contributed by atoms with van der Waals surface area (Å²) in [6.07, 6.45) is 5.86. The van der Waals surface area contributed by atoms with Crippen molar-refractivity contribution in [2.75, 3.05) is 22.6 Å². The van der Waals surface area contributed by atoms with Gasteiger partial charge in [-0.05, 0) is 63.4 Å². The first-order valence-electron chi connectivity index (χ1n) is 12.1. The first-order valence-corrected chi connectivity index (χ1v) is 12.1. The van der Waals surface area contributed by atoms with Crippen LogP contribution in [0.1, 0.15) is 59.5 Å². The summed E-state index contributed by atoms with van der Waals surface area (Å²) in [7, 11) is 2.06. The normalized spacial score (nSPS) is 13.9. The number of hydrogen-bond donors (Lipinski definition) is 3. The fraction of sp³-hybridized carbons (Fsp3) is 0.357. The molecular weight excluding hydrogens is 442 g/mol. The third-order valence-electron chi connectivity index (χ3n) is 6.82. The predicted molar refractivity (Wildman–Crippen MR) is 140 cm³/mol. The third-order valence-corrected chi connectivity index (χ3v) is 6.82. The fourth-order valence-corrected chi connectivity index (χ4v) is 4.97. The largest absolute Gasteiger partial charge is 0.478 e. The van der Waals surface area contributed by atoms with E-state index in [0.29, 0.717) is 40.1 Å². The average Bonchev–Trinajstić information content (AvgIpc) is 3.14. The lowest BCUT2D eigenvalue weighted by Crippen LogP contribution is -2.34. The highest BCUT2D eigenvalue weighted by atomic mass is 16.4. The Balaban J connectivity index is 1.71. The highest BCUT2D eigenvalue weighted by Gasteiger charge is 2.25. The number of carboxylic acids is 1. The molecule has 0 unspecified atom stereocenters. The number of nitrogens with zero attached hydrogens (tertiary/aromatic N) is 1. The number of hydrogen-bond acceptors (Lipinski definition) is 4. The molecule has 0 atom stereocenters. The van der Waals surface area contributed by atoms with E-state index in [2.05, 4.69) is 22.6 Å². The Morgan fingerprint density at radius 3 is 2.29 bits per heavy atom. The molecule has 1 fully saturated rings. The number of amides is 2. The van der Waals surface area contributed by atoms with Crippen LogP contribution in [-0.4, -0.2) is 30.2 Å². The third kappa shape index (κ3) is 5.34. The molecule has 0 spiro atoms. The molecule has 1 aliphatic rings. The van der Waals surface area contributed by atoms with E-state index in [4.69, 9.17) is 4.42 Å². The number of benzene rings is 2. The van der Waals surface area contributed by atoms with Gasteiger partial charge in [-0.15, -0.1) is 0 Å². The lowest BCUT2D eigenvalue weighted by molar-refractivity contribution is 0.0695. The number of carboxylic acid groups (broad SMARTS) is 1. The van der Waals surface area contributed by atoms with Crippen LogP contribution in [0.2, 0.25) is 0 Å². The standard InChI is InChI=1S/C28H33N3O4/c1-17-10-13-21(14-11-17)29-28(34)30-23-16-20(25-18(2)35-19(3)26(25)27(32)33)12-15-24(23)31(4)22-8-6-5-7-9-22/h10-16,22H,5-9H2,1-4H3,(H,32,33)(H2,29,30,34). The monoisotopic (exact) mass is 475 g/mol. The van der Waals surface area contributed by atoms with Crippen LogP contribution in [0.3, 0.4) is 0 Å². The Bertz CT molecular complexity index is 1220. The van der Waals surface area contributed by atoms with Gasteiger partial charge < -0.3 is 25.1 Å². The van der Waals surface area contributed by atoms with Gasteiger partial charge in [0.1, 0.15) is 17.1 Å². The quantitative estimate of drug-likeness (QED) is 0.357. The topological polar surface area (TPSA) is 94.8 Å². The number of furan rings is 1. The molecule has 1 saturated carbocycles. The minimum atomic E-state index is -1.04. The van der Waals surface area contributed by atoms with Crippen LogP contribution < -0.4 is 15.5 Å². The van der Waals surface area contributed by atoms with Crippen LogP contribution in [0.4, 0.5) is 21.9 Å². The molecule has 3 N–H and O–H groups in total. The first-order chi connectivity index (χ1) is 16.7. The number of nitrogens with one attached hydrogen (secondary N) is 2.